The van der Waals surface area contributed by atoms with Gasteiger partial charge in [-0.2, -0.15) is 0 Å². The number of ether oxygens (including phenoxy) is 1. The van der Waals surface area contributed by atoms with Gasteiger partial charge in [-0.25, -0.2) is 4.79 Å². The molecule has 5 nitrogen and oxygen atoms in total. The molecular formula is C12H20NO4+2. The van der Waals surface area contributed by atoms with Gasteiger partial charge in [-0.05, 0) is 13.8 Å². The van der Waals surface area contributed by atoms with Crippen LogP contribution < -0.4 is 0 Å². The Morgan fingerprint density at radius 3 is 2.18 bits per heavy atom. The normalized spacial score (nSPS) is 10.6. The molecule has 0 saturated heterocycles. The van der Waals surface area contributed by atoms with Gasteiger partial charge in [0, 0.05) is 5.57 Å². The zero-order valence-electron chi connectivity index (χ0n) is 10.9. The number of carbonyl (C=O) groups excluding carboxylic acids is 2. The maximum atomic E-state index is 11.3. The maximum absolute atomic E-state index is 11.3. The molecule has 0 N–H and O–H groups in total. The molecule has 0 aliphatic rings. The number of hydrogen-bond donors (Lipinski definition) is 0. The van der Waals surface area contributed by atoms with Crippen LogP contribution in [0.4, 0.5) is 0 Å². The number of quaternary nitrogens is 1. The number of hydrogen-bond acceptors (Lipinski definition) is 4. The molecule has 0 aliphatic carbocycles. The van der Waals surface area contributed by atoms with E-state index in [-0.39, 0.29) is 11.3 Å². The van der Waals surface area contributed by atoms with Crippen LogP contribution in [0.3, 0.4) is 0 Å². The SMILES string of the molecule is C=C(C)C(=O)O[N+](C)(C)CCOC(=[O+])C(=C)C. The van der Waals surface area contributed by atoms with Crippen molar-refractivity contribution in [3.63, 3.8) is 0 Å². The second-order valence-corrected chi connectivity index (χ2v) is 4.37. The minimum Gasteiger partial charge on any atom is -0.306 e. The molecule has 0 aromatic carbocycles. The lowest BCUT2D eigenvalue weighted by molar-refractivity contribution is -1.06. The van der Waals surface area contributed by atoms with Crippen molar-refractivity contribution in [2.45, 2.75) is 13.8 Å². The first kappa shape index (κ1) is 15.4. The predicted octanol–water partition coefficient (Wildman–Crippen LogP) is 1.22. The third-order valence-corrected chi connectivity index (χ3v) is 1.89. The summed E-state index contributed by atoms with van der Waals surface area (Å²) in [5.41, 5.74) is 0.671. The zero-order valence-corrected chi connectivity index (χ0v) is 10.9. The van der Waals surface area contributed by atoms with Crippen molar-refractivity contribution in [2.75, 3.05) is 27.2 Å². The molecule has 0 aromatic heterocycles. The van der Waals surface area contributed by atoms with E-state index in [0.717, 1.165) is 0 Å². The Bertz CT molecular complexity index is 344. The number of hydroxylamine groups is 3. The van der Waals surface area contributed by atoms with Gasteiger partial charge in [0.2, 0.25) is 6.61 Å². The summed E-state index contributed by atoms with van der Waals surface area (Å²) in [6.07, 6.45) is 0. The lowest BCUT2D eigenvalue weighted by atomic mass is 10.4. The van der Waals surface area contributed by atoms with Crippen LogP contribution in [0.25, 0.3) is 0 Å². The van der Waals surface area contributed by atoms with E-state index in [1.807, 2.05) is 0 Å². The second-order valence-electron chi connectivity index (χ2n) is 4.37. The van der Waals surface area contributed by atoms with Crippen LogP contribution in [0.15, 0.2) is 24.3 Å². The number of rotatable bonds is 6. The topological polar surface area (TPSA) is 55.4 Å². The van der Waals surface area contributed by atoms with Crippen molar-refractivity contribution < 1.29 is 23.8 Å². The van der Waals surface area contributed by atoms with E-state index < -0.39 is 11.9 Å². The van der Waals surface area contributed by atoms with E-state index >= 15 is 0 Å². The molecule has 0 amide bonds. The Morgan fingerprint density at radius 2 is 1.76 bits per heavy atom. The van der Waals surface area contributed by atoms with E-state index in [1.165, 1.54) is 0 Å². The van der Waals surface area contributed by atoms with Gasteiger partial charge in [0.1, 0.15) is 14.1 Å². The average molecular weight is 242 g/mol. The summed E-state index contributed by atoms with van der Waals surface area (Å²) >= 11 is 0. The minimum atomic E-state index is -0.471. The molecule has 0 heterocycles. The zero-order chi connectivity index (χ0) is 13.6. The van der Waals surface area contributed by atoms with Crippen LogP contribution in [-0.2, 0) is 19.2 Å². The fraction of sp³-hybridized carbons (Fsp3) is 0.500. The summed E-state index contributed by atoms with van der Waals surface area (Å²) < 4.78 is 4.88. The third kappa shape index (κ3) is 6.52. The van der Waals surface area contributed by atoms with Gasteiger partial charge in [0.05, 0.1) is 10.4 Å². The standard InChI is InChI=1S/C12H20NO4/c1-9(2)11(14)16-8-7-13(5,6)17-12(15)10(3)4/h1,3,7-8H2,2,4-6H3/q+2. The summed E-state index contributed by atoms with van der Waals surface area (Å²) in [5, 5.41) is 0. The molecule has 17 heavy (non-hydrogen) atoms. The van der Waals surface area contributed by atoms with Gasteiger partial charge in [-0.15, -0.1) is 4.65 Å². The van der Waals surface area contributed by atoms with Crippen LogP contribution >= 0.6 is 0 Å². The molecule has 5 heteroatoms. The number of nitrogens with zero attached hydrogens (tertiary/aromatic N) is 1. The first-order valence-electron chi connectivity index (χ1n) is 5.21. The number of esters is 1. The molecule has 0 rings (SSSR count). The summed E-state index contributed by atoms with van der Waals surface area (Å²) in [6, 6.07) is 0. The van der Waals surface area contributed by atoms with Crippen molar-refractivity contribution in [2.24, 2.45) is 0 Å². The summed E-state index contributed by atoms with van der Waals surface area (Å²) in [4.78, 5) is 27.5. The first-order chi connectivity index (χ1) is 7.65. The fourth-order valence-electron chi connectivity index (χ4n) is 0.829. The van der Waals surface area contributed by atoms with Crippen molar-refractivity contribution in [1.82, 2.24) is 0 Å². The van der Waals surface area contributed by atoms with Gasteiger partial charge in [-0.1, -0.05) is 13.2 Å². The maximum Gasteiger partial charge on any atom is 0.602 e. The van der Waals surface area contributed by atoms with E-state index in [1.54, 1.807) is 27.9 Å². The Morgan fingerprint density at radius 1 is 1.24 bits per heavy atom. The minimum absolute atomic E-state index is 0.0326. The largest absolute Gasteiger partial charge is 0.602 e. The molecule has 0 unspecified atom stereocenters. The second kappa shape index (κ2) is 6.20. The highest BCUT2D eigenvalue weighted by atomic mass is 16.7. The molecule has 1 radical (unpaired) electrons. The van der Waals surface area contributed by atoms with Crippen LogP contribution in [0, 0.1) is 0 Å². The van der Waals surface area contributed by atoms with Crippen molar-refractivity contribution in [1.29, 1.82) is 0 Å². The monoisotopic (exact) mass is 242 g/mol. The van der Waals surface area contributed by atoms with Gasteiger partial charge in [0.15, 0.2) is 6.54 Å². The highest BCUT2D eigenvalue weighted by Gasteiger charge is 2.26. The average Bonchev–Trinajstić information content (AvgIpc) is 2.15. The molecule has 0 aromatic rings. The summed E-state index contributed by atoms with van der Waals surface area (Å²) in [7, 11) is 3.38. The molecule has 0 spiro atoms. The summed E-state index contributed by atoms with van der Waals surface area (Å²) in [6.45, 7) is 10.6. The Hall–Kier alpha value is -1.62. The molecule has 0 fully saturated rings. The molecular weight excluding hydrogens is 222 g/mol. The van der Waals surface area contributed by atoms with Crippen molar-refractivity contribution in [3.05, 3.63) is 24.3 Å². The van der Waals surface area contributed by atoms with E-state index in [4.69, 9.17) is 9.57 Å². The Kier molecular flexibility index (Phi) is 5.61. The van der Waals surface area contributed by atoms with E-state index in [0.29, 0.717) is 17.7 Å². The molecule has 0 aliphatic heterocycles. The van der Waals surface area contributed by atoms with Gasteiger partial charge < -0.3 is 4.74 Å². The van der Waals surface area contributed by atoms with Crippen molar-refractivity contribution in [3.8, 4) is 0 Å². The third-order valence-electron chi connectivity index (χ3n) is 1.89. The van der Waals surface area contributed by atoms with Crippen LogP contribution in [-0.4, -0.2) is 43.8 Å². The van der Waals surface area contributed by atoms with Gasteiger partial charge >= 0.3 is 11.9 Å². The highest BCUT2D eigenvalue weighted by Crippen LogP contribution is 2.04. The predicted molar refractivity (Wildman–Crippen MR) is 63.7 cm³/mol. The molecule has 0 bridgehead atoms. The quantitative estimate of drug-likeness (QED) is 0.231. The Labute approximate surface area is 102 Å². The molecule has 0 saturated carbocycles. The van der Waals surface area contributed by atoms with Crippen LogP contribution in [0.1, 0.15) is 13.8 Å². The van der Waals surface area contributed by atoms with E-state index in [2.05, 4.69) is 13.2 Å². The lowest BCUT2D eigenvalue weighted by Gasteiger charge is -2.24. The molecule has 95 valence electrons. The van der Waals surface area contributed by atoms with Crippen LogP contribution in [0.5, 0.6) is 0 Å². The lowest BCUT2D eigenvalue weighted by Crippen LogP contribution is -2.44. The van der Waals surface area contributed by atoms with Gasteiger partial charge in [-0.3, -0.25) is 4.84 Å². The molecule has 0 atom stereocenters. The number of carbonyl (C=O) groups is 2. The number of likely N-dealkylation sites (N-methyl/N-ethyl adjacent to an activating group) is 1. The highest BCUT2D eigenvalue weighted by molar-refractivity contribution is 5.87. The first-order valence-corrected chi connectivity index (χ1v) is 5.21. The summed E-state index contributed by atoms with van der Waals surface area (Å²) in [5.74, 6) is -0.919. The smallest absolute Gasteiger partial charge is 0.306 e. The van der Waals surface area contributed by atoms with E-state index in [9.17, 15) is 9.59 Å². The van der Waals surface area contributed by atoms with Gasteiger partial charge in [0.25, 0.3) is 0 Å². The van der Waals surface area contributed by atoms with Crippen LogP contribution in [0.2, 0.25) is 0 Å². The fourth-order valence-corrected chi connectivity index (χ4v) is 0.829. The van der Waals surface area contributed by atoms with Crippen molar-refractivity contribution >= 4 is 11.9 Å². The Balaban J connectivity index is 4.10.